The highest BCUT2D eigenvalue weighted by atomic mass is 19.1. The van der Waals surface area contributed by atoms with Crippen molar-refractivity contribution < 1.29 is 22.4 Å². The molecule has 0 fully saturated rings. The normalized spacial score (nSPS) is 10.7. The number of furan rings is 1. The van der Waals surface area contributed by atoms with Gasteiger partial charge in [-0.1, -0.05) is 18.2 Å². The number of halogens is 2. The zero-order chi connectivity index (χ0) is 18.8. The molecule has 0 radical (unpaired) electrons. The van der Waals surface area contributed by atoms with Crippen LogP contribution in [-0.2, 0) is 0 Å². The Labute approximate surface area is 151 Å². The van der Waals surface area contributed by atoms with Gasteiger partial charge in [-0.05, 0) is 36.4 Å². The Morgan fingerprint density at radius 2 is 1.74 bits per heavy atom. The topological polar surface area (TPSA) is 81.2 Å². The Bertz CT molecular complexity index is 1110. The maximum Gasteiger partial charge on any atom is 0.283 e. The van der Waals surface area contributed by atoms with Gasteiger partial charge in [-0.25, -0.2) is 8.78 Å². The van der Waals surface area contributed by atoms with Crippen LogP contribution in [-0.4, -0.2) is 16.1 Å². The third-order valence-electron chi connectivity index (χ3n) is 3.75. The quantitative estimate of drug-likeness (QED) is 0.573. The molecule has 134 valence electrons. The van der Waals surface area contributed by atoms with E-state index in [1.165, 1.54) is 42.7 Å². The van der Waals surface area contributed by atoms with Crippen LogP contribution in [0, 0.1) is 11.6 Å². The van der Waals surface area contributed by atoms with E-state index in [-0.39, 0.29) is 28.6 Å². The van der Waals surface area contributed by atoms with Crippen LogP contribution in [0.25, 0.3) is 23.1 Å². The second-order valence-electron chi connectivity index (χ2n) is 5.49. The molecule has 0 aliphatic rings. The fourth-order valence-electron chi connectivity index (χ4n) is 2.46. The molecular formula is C19H11F2N3O3. The molecule has 0 unspecified atom stereocenters. The van der Waals surface area contributed by atoms with E-state index >= 15 is 0 Å². The molecule has 0 spiro atoms. The van der Waals surface area contributed by atoms with Crippen molar-refractivity contribution in [3.8, 4) is 23.1 Å². The molecule has 0 bridgehead atoms. The van der Waals surface area contributed by atoms with E-state index in [2.05, 4.69) is 15.5 Å². The first-order chi connectivity index (χ1) is 13.1. The van der Waals surface area contributed by atoms with Crippen molar-refractivity contribution in [2.45, 2.75) is 0 Å². The summed E-state index contributed by atoms with van der Waals surface area (Å²) >= 11 is 0. The summed E-state index contributed by atoms with van der Waals surface area (Å²) in [5.41, 5.74) is -0.342. The van der Waals surface area contributed by atoms with Gasteiger partial charge in [0.15, 0.2) is 11.6 Å². The van der Waals surface area contributed by atoms with E-state index < -0.39 is 17.5 Å². The Morgan fingerprint density at radius 3 is 2.52 bits per heavy atom. The lowest BCUT2D eigenvalue weighted by Gasteiger charge is -2.08. The Hall–Kier alpha value is -3.81. The molecule has 2 aromatic heterocycles. The first-order valence-electron chi connectivity index (χ1n) is 7.85. The highest BCUT2D eigenvalue weighted by Crippen LogP contribution is 2.29. The number of aromatic nitrogens is 2. The molecule has 4 rings (SSSR count). The van der Waals surface area contributed by atoms with Crippen LogP contribution in [0.3, 0.4) is 0 Å². The molecule has 0 saturated carbocycles. The molecule has 4 aromatic rings. The van der Waals surface area contributed by atoms with Crippen molar-refractivity contribution >= 4 is 11.6 Å². The molecule has 1 amide bonds. The standard InChI is InChI=1S/C19H11F2N3O3/c20-13-7-2-1-5-11(13)17(25)22-14-8-3-6-12(16(14)21)18-23-24-19(27-18)15-9-4-10-26-15/h1-10H,(H,22,25). The van der Waals surface area contributed by atoms with Gasteiger partial charge in [0, 0.05) is 0 Å². The lowest BCUT2D eigenvalue weighted by atomic mass is 10.1. The van der Waals surface area contributed by atoms with Gasteiger partial charge in [-0.2, -0.15) is 0 Å². The predicted molar refractivity (Wildman–Crippen MR) is 91.7 cm³/mol. The van der Waals surface area contributed by atoms with Gasteiger partial charge in [0.05, 0.1) is 23.1 Å². The summed E-state index contributed by atoms with van der Waals surface area (Å²) in [6.45, 7) is 0. The van der Waals surface area contributed by atoms with E-state index in [4.69, 9.17) is 8.83 Å². The summed E-state index contributed by atoms with van der Waals surface area (Å²) in [6, 6.07) is 13.0. The number of benzene rings is 2. The SMILES string of the molecule is O=C(Nc1cccc(-c2nnc(-c3ccco3)o2)c1F)c1ccccc1F. The van der Waals surface area contributed by atoms with Crippen molar-refractivity contribution in [2.75, 3.05) is 5.32 Å². The number of anilines is 1. The van der Waals surface area contributed by atoms with Crippen LogP contribution < -0.4 is 5.32 Å². The van der Waals surface area contributed by atoms with Gasteiger partial charge in [0.25, 0.3) is 17.7 Å². The van der Waals surface area contributed by atoms with Gasteiger partial charge in [-0.3, -0.25) is 4.79 Å². The lowest BCUT2D eigenvalue weighted by Crippen LogP contribution is -2.14. The molecule has 8 heteroatoms. The molecule has 2 aromatic carbocycles. The van der Waals surface area contributed by atoms with Gasteiger partial charge in [0.1, 0.15) is 5.82 Å². The molecule has 1 N–H and O–H groups in total. The van der Waals surface area contributed by atoms with Crippen molar-refractivity contribution in [1.29, 1.82) is 0 Å². The number of amides is 1. The minimum Gasteiger partial charge on any atom is -0.459 e. The third-order valence-corrected chi connectivity index (χ3v) is 3.75. The Kier molecular flexibility index (Phi) is 4.21. The minimum absolute atomic E-state index is 0.00774. The van der Waals surface area contributed by atoms with Crippen LogP contribution in [0.15, 0.2) is 69.7 Å². The summed E-state index contributed by atoms with van der Waals surface area (Å²) in [5, 5.41) is 9.97. The highest BCUT2D eigenvalue weighted by molar-refractivity contribution is 6.04. The second kappa shape index (κ2) is 6.83. The van der Waals surface area contributed by atoms with Crippen LogP contribution in [0.2, 0.25) is 0 Å². The maximum atomic E-state index is 14.8. The zero-order valence-corrected chi connectivity index (χ0v) is 13.6. The summed E-state index contributed by atoms with van der Waals surface area (Å²) < 4.78 is 39.1. The second-order valence-corrected chi connectivity index (χ2v) is 5.49. The molecular weight excluding hydrogens is 356 g/mol. The van der Waals surface area contributed by atoms with Crippen molar-refractivity contribution in [2.24, 2.45) is 0 Å². The van der Waals surface area contributed by atoms with Crippen LogP contribution in [0.4, 0.5) is 14.5 Å². The van der Waals surface area contributed by atoms with Crippen LogP contribution in [0.1, 0.15) is 10.4 Å². The van der Waals surface area contributed by atoms with Crippen molar-refractivity contribution in [3.63, 3.8) is 0 Å². The zero-order valence-electron chi connectivity index (χ0n) is 13.6. The number of nitrogens with zero attached hydrogens (tertiary/aromatic N) is 2. The summed E-state index contributed by atoms with van der Waals surface area (Å²) in [7, 11) is 0. The van der Waals surface area contributed by atoms with Crippen molar-refractivity contribution in [3.05, 3.63) is 78.1 Å². The molecule has 0 saturated heterocycles. The Morgan fingerprint density at radius 1 is 0.926 bits per heavy atom. The average molecular weight is 367 g/mol. The van der Waals surface area contributed by atoms with E-state index in [1.807, 2.05) is 0 Å². The smallest absolute Gasteiger partial charge is 0.283 e. The van der Waals surface area contributed by atoms with Crippen LogP contribution in [0.5, 0.6) is 0 Å². The summed E-state index contributed by atoms with van der Waals surface area (Å²) in [5.74, 6) is -1.90. The van der Waals surface area contributed by atoms with E-state index in [9.17, 15) is 13.6 Å². The average Bonchev–Trinajstić information content (AvgIpc) is 3.35. The summed E-state index contributed by atoms with van der Waals surface area (Å²) in [4.78, 5) is 12.2. The first-order valence-corrected chi connectivity index (χ1v) is 7.85. The Balaban J connectivity index is 1.64. The summed E-state index contributed by atoms with van der Waals surface area (Å²) in [6.07, 6.45) is 1.44. The number of hydrogen-bond acceptors (Lipinski definition) is 5. The molecule has 0 aliphatic carbocycles. The molecule has 6 nitrogen and oxygen atoms in total. The van der Waals surface area contributed by atoms with Crippen molar-refractivity contribution in [1.82, 2.24) is 10.2 Å². The molecule has 0 aliphatic heterocycles. The van der Waals surface area contributed by atoms with E-state index in [0.29, 0.717) is 5.76 Å². The van der Waals surface area contributed by atoms with Crippen LogP contribution >= 0.6 is 0 Å². The maximum absolute atomic E-state index is 14.8. The van der Waals surface area contributed by atoms with E-state index in [1.54, 1.807) is 12.1 Å². The van der Waals surface area contributed by atoms with Gasteiger partial charge >= 0.3 is 0 Å². The van der Waals surface area contributed by atoms with Gasteiger partial charge in [0.2, 0.25) is 0 Å². The minimum atomic E-state index is -0.781. The third kappa shape index (κ3) is 3.20. The first kappa shape index (κ1) is 16.6. The molecule has 0 atom stereocenters. The van der Waals surface area contributed by atoms with Gasteiger partial charge < -0.3 is 14.2 Å². The number of hydrogen-bond donors (Lipinski definition) is 1. The molecule has 2 heterocycles. The highest BCUT2D eigenvalue weighted by Gasteiger charge is 2.19. The lowest BCUT2D eigenvalue weighted by molar-refractivity contribution is 0.102. The fourth-order valence-corrected chi connectivity index (χ4v) is 2.46. The van der Waals surface area contributed by atoms with E-state index in [0.717, 1.165) is 6.07 Å². The van der Waals surface area contributed by atoms with Gasteiger partial charge in [-0.15, -0.1) is 10.2 Å². The monoisotopic (exact) mass is 367 g/mol. The number of rotatable bonds is 4. The number of carbonyl (C=O) groups excluding carboxylic acids is 1. The largest absolute Gasteiger partial charge is 0.459 e. The predicted octanol–water partition coefficient (Wildman–Crippen LogP) is 4.53. The number of carbonyl (C=O) groups is 1. The number of nitrogens with one attached hydrogen (secondary N) is 1. The fraction of sp³-hybridized carbons (Fsp3) is 0. The molecule has 27 heavy (non-hydrogen) atoms.